The maximum atomic E-state index is 12.3. The Morgan fingerprint density at radius 2 is 2.21 bits per heavy atom. The first kappa shape index (κ1) is 13.4. The van der Waals surface area contributed by atoms with Crippen LogP contribution in [0.25, 0.3) is 0 Å². The fourth-order valence-corrected chi connectivity index (χ4v) is 2.18. The van der Waals surface area contributed by atoms with E-state index in [4.69, 9.17) is 4.74 Å². The van der Waals surface area contributed by atoms with Gasteiger partial charge in [-0.15, -0.1) is 0 Å². The molecule has 0 aromatic heterocycles. The molecule has 1 N–H and O–H groups in total. The third kappa shape index (κ3) is 2.70. The monoisotopic (exact) mass is 263 g/mol. The Labute approximate surface area is 111 Å². The first-order valence-electron chi connectivity index (χ1n) is 6.22. The second kappa shape index (κ2) is 5.30. The van der Waals surface area contributed by atoms with Crippen LogP contribution in [-0.2, 0) is 4.79 Å². The van der Waals surface area contributed by atoms with Crippen LogP contribution in [0.5, 0.6) is 11.5 Å². The Bertz CT molecular complexity index is 512. The summed E-state index contributed by atoms with van der Waals surface area (Å²) in [6.07, 6.45) is 0.373. The average molecular weight is 263 g/mol. The van der Waals surface area contributed by atoms with E-state index in [1.807, 2.05) is 6.92 Å². The number of hydrogen-bond acceptors (Lipinski definition) is 4. The van der Waals surface area contributed by atoms with Crippen molar-refractivity contribution in [1.82, 2.24) is 4.90 Å². The minimum Gasteiger partial charge on any atom is -0.507 e. The quantitative estimate of drug-likeness (QED) is 0.877. The Balaban J connectivity index is 2.22. The highest BCUT2D eigenvalue weighted by Crippen LogP contribution is 2.25. The predicted octanol–water partition coefficient (Wildman–Crippen LogP) is 1.45. The predicted molar refractivity (Wildman–Crippen MR) is 69.4 cm³/mol. The third-order valence-corrected chi connectivity index (χ3v) is 3.39. The van der Waals surface area contributed by atoms with E-state index in [9.17, 15) is 14.7 Å². The summed E-state index contributed by atoms with van der Waals surface area (Å²) in [7, 11) is 1.50. The van der Waals surface area contributed by atoms with Crippen molar-refractivity contribution in [2.75, 3.05) is 20.2 Å². The molecular weight excluding hydrogens is 246 g/mol. The lowest BCUT2D eigenvalue weighted by atomic mass is 9.98. The topological polar surface area (TPSA) is 66.8 Å². The van der Waals surface area contributed by atoms with Crippen molar-refractivity contribution < 1.29 is 19.4 Å². The summed E-state index contributed by atoms with van der Waals surface area (Å²) in [5, 5.41) is 9.78. The number of aromatic hydroxyl groups is 1. The minimum absolute atomic E-state index is 0.0737. The fraction of sp³-hybridized carbons (Fsp3) is 0.429. The Kier molecular flexibility index (Phi) is 3.74. The third-order valence-electron chi connectivity index (χ3n) is 3.39. The van der Waals surface area contributed by atoms with E-state index >= 15 is 0 Å². The summed E-state index contributed by atoms with van der Waals surface area (Å²) in [5.41, 5.74) is 0.209. The normalized spacial score (nSPS) is 19.4. The first-order chi connectivity index (χ1) is 9.02. The Hall–Kier alpha value is -2.04. The molecule has 0 spiro atoms. The van der Waals surface area contributed by atoms with Crippen LogP contribution < -0.4 is 4.74 Å². The number of methoxy groups -OCH3 is 1. The fourth-order valence-electron chi connectivity index (χ4n) is 2.18. The van der Waals surface area contributed by atoms with Gasteiger partial charge < -0.3 is 14.7 Å². The zero-order chi connectivity index (χ0) is 14.0. The van der Waals surface area contributed by atoms with Crippen LogP contribution >= 0.6 is 0 Å². The molecule has 1 aromatic carbocycles. The molecular formula is C14H17NO4. The van der Waals surface area contributed by atoms with E-state index in [2.05, 4.69) is 0 Å². The maximum Gasteiger partial charge on any atom is 0.257 e. The smallest absolute Gasteiger partial charge is 0.257 e. The van der Waals surface area contributed by atoms with Crippen LogP contribution in [-0.4, -0.2) is 41.9 Å². The summed E-state index contributed by atoms with van der Waals surface area (Å²) in [4.78, 5) is 25.4. The van der Waals surface area contributed by atoms with Gasteiger partial charge in [0, 0.05) is 25.4 Å². The second-order valence-corrected chi connectivity index (χ2v) is 4.75. The van der Waals surface area contributed by atoms with Crippen molar-refractivity contribution in [2.24, 2.45) is 5.92 Å². The van der Waals surface area contributed by atoms with E-state index in [1.165, 1.54) is 19.2 Å². The number of phenols is 1. The van der Waals surface area contributed by atoms with Crippen molar-refractivity contribution in [1.29, 1.82) is 0 Å². The van der Waals surface area contributed by atoms with Crippen molar-refractivity contribution in [3.05, 3.63) is 23.8 Å². The molecule has 1 atom stereocenters. The number of amides is 1. The van der Waals surface area contributed by atoms with E-state index in [0.717, 1.165) is 0 Å². The Morgan fingerprint density at radius 1 is 1.47 bits per heavy atom. The molecule has 1 saturated heterocycles. The van der Waals surface area contributed by atoms with Crippen molar-refractivity contribution in [2.45, 2.75) is 13.3 Å². The van der Waals surface area contributed by atoms with E-state index in [-0.39, 0.29) is 28.9 Å². The number of phenolic OH excluding ortho intramolecular Hbond substituents is 1. The van der Waals surface area contributed by atoms with Crippen LogP contribution in [0, 0.1) is 5.92 Å². The van der Waals surface area contributed by atoms with Gasteiger partial charge in [0.05, 0.1) is 12.7 Å². The minimum atomic E-state index is -0.268. The largest absolute Gasteiger partial charge is 0.507 e. The lowest BCUT2D eigenvalue weighted by Crippen LogP contribution is -2.43. The number of carbonyl (C=O) groups is 2. The maximum absolute atomic E-state index is 12.3. The number of ketones is 1. The zero-order valence-electron chi connectivity index (χ0n) is 11.0. The number of nitrogens with zero attached hydrogens (tertiary/aromatic N) is 1. The number of piperidine rings is 1. The number of carbonyl (C=O) groups excluding carboxylic acids is 2. The molecule has 0 saturated carbocycles. The molecule has 1 aliphatic heterocycles. The second-order valence-electron chi connectivity index (χ2n) is 4.75. The molecule has 0 bridgehead atoms. The molecule has 102 valence electrons. The molecule has 0 aliphatic carbocycles. The van der Waals surface area contributed by atoms with Gasteiger partial charge in [0.1, 0.15) is 17.3 Å². The van der Waals surface area contributed by atoms with Crippen molar-refractivity contribution in [3.63, 3.8) is 0 Å². The van der Waals surface area contributed by atoms with Crippen LogP contribution in [0.1, 0.15) is 23.7 Å². The number of benzene rings is 1. The van der Waals surface area contributed by atoms with Gasteiger partial charge in [-0.25, -0.2) is 0 Å². The van der Waals surface area contributed by atoms with Gasteiger partial charge in [-0.1, -0.05) is 6.92 Å². The van der Waals surface area contributed by atoms with Gasteiger partial charge in [0.15, 0.2) is 0 Å². The van der Waals surface area contributed by atoms with Gasteiger partial charge >= 0.3 is 0 Å². The summed E-state index contributed by atoms with van der Waals surface area (Å²) in [6, 6.07) is 4.54. The molecule has 1 fully saturated rings. The SMILES string of the molecule is COc1ccc(O)c(C(=O)N2CCC(=O)C(C)C2)c1. The molecule has 5 nitrogen and oxygen atoms in total. The molecule has 1 aromatic rings. The van der Waals surface area contributed by atoms with Gasteiger partial charge in [0.25, 0.3) is 5.91 Å². The summed E-state index contributed by atoms with van der Waals surface area (Å²) in [5.74, 6) is 0.206. The van der Waals surface area contributed by atoms with Crippen LogP contribution in [0.4, 0.5) is 0 Å². The van der Waals surface area contributed by atoms with Gasteiger partial charge in [-0.2, -0.15) is 0 Å². The molecule has 1 unspecified atom stereocenters. The number of likely N-dealkylation sites (tertiary alicyclic amines) is 1. The summed E-state index contributed by atoms with van der Waals surface area (Å²) < 4.78 is 5.05. The highest BCUT2D eigenvalue weighted by Gasteiger charge is 2.28. The molecule has 1 heterocycles. The van der Waals surface area contributed by atoms with E-state index in [0.29, 0.717) is 25.3 Å². The van der Waals surface area contributed by atoms with Gasteiger partial charge in [0.2, 0.25) is 0 Å². The highest BCUT2D eigenvalue weighted by atomic mass is 16.5. The van der Waals surface area contributed by atoms with Crippen LogP contribution in [0.15, 0.2) is 18.2 Å². The average Bonchev–Trinajstić information content (AvgIpc) is 2.41. The standard InChI is InChI=1S/C14H17NO4/c1-9-8-15(6-5-12(9)16)14(18)11-7-10(19-2)3-4-13(11)17/h3-4,7,9,17H,5-6,8H2,1-2H3. The van der Waals surface area contributed by atoms with Crippen LogP contribution in [0.3, 0.4) is 0 Å². The number of Topliss-reactive ketones (excluding diaryl/α,β-unsaturated/α-hetero) is 1. The van der Waals surface area contributed by atoms with Crippen LogP contribution in [0.2, 0.25) is 0 Å². The molecule has 0 radical (unpaired) electrons. The lowest BCUT2D eigenvalue weighted by Gasteiger charge is -2.30. The number of hydrogen-bond donors (Lipinski definition) is 1. The molecule has 19 heavy (non-hydrogen) atoms. The molecule has 5 heteroatoms. The molecule has 2 rings (SSSR count). The van der Waals surface area contributed by atoms with Gasteiger partial charge in [-0.05, 0) is 18.2 Å². The molecule has 1 amide bonds. The number of ether oxygens (including phenoxy) is 1. The number of rotatable bonds is 2. The van der Waals surface area contributed by atoms with Crippen molar-refractivity contribution >= 4 is 11.7 Å². The Morgan fingerprint density at radius 3 is 2.84 bits per heavy atom. The zero-order valence-corrected chi connectivity index (χ0v) is 11.0. The highest BCUT2D eigenvalue weighted by molar-refractivity contribution is 5.98. The lowest BCUT2D eigenvalue weighted by molar-refractivity contribution is -0.124. The van der Waals surface area contributed by atoms with E-state index < -0.39 is 0 Å². The summed E-state index contributed by atoms with van der Waals surface area (Å²) in [6.45, 7) is 2.61. The summed E-state index contributed by atoms with van der Waals surface area (Å²) >= 11 is 0. The van der Waals surface area contributed by atoms with Crippen molar-refractivity contribution in [3.8, 4) is 11.5 Å². The van der Waals surface area contributed by atoms with Gasteiger partial charge in [-0.3, -0.25) is 9.59 Å². The van der Waals surface area contributed by atoms with E-state index in [1.54, 1.807) is 11.0 Å². The first-order valence-corrected chi connectivity index (χ1v) is 6.22. The molecule has 1 aliphatic rings.